The van der Waals surface area contributed by atoms with Gasteiger partial charge in [-0.15, -0.1) is 0 Å². The van der Waals surface area contributed by atoms with Crippen molar-refractivity contribution >= 4 is 11.6 Å². The molecule has 6 heteroatoms. The summed E-state index contributed by atoms with van der Waals surface area (Å²) in [5.74, 6) is 0.312. The number of aromatic nitrogens is 3. The molecule has 0 bridgehead atoms. The first-order chi connectivity index (χ1) is 11.3. The number of hydrogen-bond acceptors (Lipinski definition) is 4. The molecule has 0 saturated carbocycles. The largest absolute Gasteiger partial charge is 0.396 e. The second kappa shape index (κ2) is 7.75. The molecule has 2 rings (SSSR count). The Balaban J connectivity index is 2.08. The Labute approximate surface area is 143 Å². The second-order valence-electron chi connectivity index (χ2n) is 6.75. The molecule has 0 aromatic carbocycles. The molecule has 132 valence electrons. The van der Waals surface area contributed by atoms with Crippen LogP contribution >= 0.6 is 0 Å². The third kappa shape index (κ3) is 4.12. The fourth-order valence-corrected chi connectivity index (χ4v) is 3.03. The van der Waals surface area contributed by atoms with Gasteiger partial charge in [-0.2, -0.15) is 5.10 Å². The number of fused-ring (bicyclic) bond motifs is 1. The van der Waals surface area contributed by atoms with Crippen molar-refractivity contribution in [1.82, 2.24) is 19.9 Å². The van der Waals surface area contributed by atoms with Crippen LogP contribution in [0.2, 0.25) is 0 Å². The zero-order valence-electron chi connectivity index (χ0n) is 15.3. The number of amides is 1. The van der Waals surface area contributed by atoms with Crippen LogP contribution in [-0.4, -0.2) is 38.3 Å². The van der Waals surface area contributed by atoms with Crippen molar-refractivity contribution < 1.29 is 9.90 Å². The molecule has 1 atom stereocenters. The minimum absolute atomic E-state index is 0.0118. The average molecular weight is 332 g/mol. The van der Waals surface area contributed by atoms with E-state index in [0.29, 0.717) is 25.2 Å². The summed E-state index contributed by atoms with van der Waals surface area (Å²) in [5.41, 5.74) is 4.84. The van der Waals surface area contributed by atoms with Gasteiger partial charge in [-0.3, -0.25) is 4.79 Å². The Morgan fingerprint density at radius 2 is 2.04 bits per heavy atom. The maximum Gasteiger partial charge on any atom is 0.220 e. The smallest absolute Gasteiger partial charge is 0.220 e. The fourth-order valence-electron chi connectivity index (χ4n) is 3.03. The highest BCUT2D eigenvalue weighted by Gasteiger charge is 2.17. The van der Waals surface area contributed by atoms with Gasteiger partial charge in [0, 0.05) is 36.5 Å². The molecule has 1 amide bonds. The van der Waals surface area contributed by atoms with Crippen LogP contribution in [0.25, 0.3) is 5.65 Å². The van der Waals surface area contributed by atoms with Crippen molar-refractivity contribution in [2.45, 2.75) is 59.9 Å². The normalized spacial score (nSPS) is 12.8. The van der Waals surface area contributed by atoms with Crippen molar-refractivity contribution in [3.63, 3.8) is 0 Å². The molecular formula is C18H28N4O2. The van der Waals surface area contributed by atoms with Gasteiger partial charge in [0.2, 0.25) is 5.91 Å². The Bertz CT molecular complexity index is 721. The van der Waals surface area contributed by atoms with E-state index < -0.39 is 0 Å². The van der Waals surface area contributed by atoms with Crippen LogP contribution in [-0.2, 0) is 11.2 Å². The highest BCUT2D eigenvalue weighted by Crippen LogP contribution is 2.17. The van der Waals surface area contributed by atoms with Crippen molar-refractivity contribution in [2.24, 2.45) is 5.92 Å². The highest BCUT2D eigenvalue weighted by atomic mass is 16.3. The van der Waals surface area contributed by atoms with Crippen LogP contribution in [0.15, 0.2) is 6.07 Å². The highest BCUT2D eigenvalue weighted by molar-refractivity contribution is 5.76. The Morgan fingerprint density at radius 1 is 1.33 bits per heavy atom. The van der Waals surface area contributed by atoms with E-state index in [1.807, 2.05) is 45.2 Å². The number of carbonyl (C=O) groups excluding carboxylic acids is 1. The zero-order valence-corrected chi connectivity index (χ0v) is 15.3. The molecule has 2 heterocycles. The molecule has 0 aliphatic heterocycles. The summed E-state index contributed by atoms with van der Waals surface area (Å²) in [6.07, 6.45) is 1.63. The summed E-state index contributed by atoms with van der Waals surface area (Å²) in [7, 11) is 0. The van der Waals surface area contributed by atoms with Gasteiger partial charge in [0.15, 0.2) is 5.65 Å². The summed E-state index contributed by atoms with van der Waals surface area (Å²) in [4.78, 5) is 16.9. The number of hydrogen-bond donors (Lipinski definition) is 2. The molecule has 0 spiro atoms. The standard InChI is InChI=1S/C18H28N4O2/c1-11(2)16(8-9-23)20-18(24)7-6-15-13(4)19-17-10-12(3)21-22(17)14(15)5/h10-11,16,23H,6-9H2,1-5H3,(H,20,24). The minimum atomic E-state index is 0.0118. The molecule has 0 fully saturated rings. The van der Waals surface area contributed by atoms with Gasteiger partial charge in [-0.1, -0.05) is 13.8 Å². The third-order valence-electron chi connectivity index (χ3n) is 4.48. The molecule has 2 aromatic heterocycles. The number of rotatable bonds is 7. The number of carbonyl (C=O) groups is 1. The van der Waals surface area contributed by atoms with Crippen LogP contribution in [0.3, 0.4) is 0 Å². The van der Waals surface area contributed by atoms with Crippen molar-refractivity contribution in [3.05, 3.63) is 28.7 Å². The van der Waals surface area contributed by atoms with E-state index in [0.717, 1.165) is 28.3 Å². The number of nitrogens with one attached hydrogen (secondary N) is 1. The molecule has 0 saturated heterocycles. The topological polar surface area (TPSA) is 79.5 Å². The summed E-state index contributed by atoms with van der Waals surface area (Å²) in [5, 5.41) is 16.6. The van der Waals surface area contributed by atoms with E-state index in [-0.39, 0.29) is 18.6 Å². The summed E-state index contributed by atoms with van der Waals surface area (Å²) >= 11 is 0. The van der Waals surface area contributed by atoms with Crippen molar-refractivity contribution in [2.75, 3.05) is 6.61 Å². The second-order valence-corrected chi connectivity index (χ2v) is 6.75. The Hall–Kier alpha value is -1.95. The van der Waals surface area contributed by atoms with E-state index in [4.69, 9.17) is 5.11 Å². The van der Waals surface area contributed by atoms with E-state index in [1.54, 1.807) is 0 Å². The van der Waals surface area contributed by atoms with Crippen LogP contribution in [0, 0.1) is 26.7 Å². The van der Waals surface area contributed by atoms with Gasteiger partial charge in [-0.05, 0) is 45.1 Å². The third-order valence-corrected chi connectivity index (χ3v) is 4.48. The maximum atomic E-state index is 12.3. The quantitative estimate of drug-likeness (QED) is 0.814. The van der Waals surface area contributed by atoms with E-state index in [2.05, 4.69) is 15.4 Å². The average Bonchev–Trinajstić information content (AvgIpc) is 2.87. The van der Waals surface area contributed by atoms with E-state index in [1.165, 1.54) is 0 Å². The molecular weight excluding hydrogens is 304 g/mol. The molecule has 1 unspecified atom stereocenters. The van der Waals surface area contributed by atoms with Gasteiger partial charge >= 0.3 is 0 Å². The molecule has 0 aliphatic carbocycles. The molecule has 0 aliphatic rings. The molecule has 2 aromatic rings. The first-order valence-electron chi connectivity index (χ1n) is 8.56. The summed E-state index contributed by atoms with van der Waals surface area (Å²) < 4.78 is 1.85. The first kappa shape index (κ1) is 18.4. The molecule has 24 heavy (non-hydrogen) atoms. The summed E-state index contributed by atoms with van der Waals surface area (Å²) in [6, 6.07) is 1.97. The lowest BCUT2D eigenvalue weighted by Gasteiger charge is -2.21. The number of aryl methyl sites for hydroxylation is 3. The summed E-state index contributed by atoms with van der Waals surface area (Å²) in [6.45, 7) is 10.1. The van der Waals surface area contributed by atoms with Crippen LogP contribution < -0.4 is 5.32 Å². The molecule has 6 nitrogen and oxygen atoms in total. The predicted octanol–water partition coefficient (Wildman–Crippen LogP) is 2.11. The lowest BCUT2D eigenvalue weighted by molar-refractivity contribution is -0.122. The molecule has 0 radical (unpaired) electrons. The number of nitrogens with zero attached hydrogens (tertiary/aromatic N) is 3. The van der Waals surface area contributed by atoms with E-state index >= 15 is 0 Å². The van der Waals surface area contributed by atoms with Crippen LogP contribution in [0.1, 0.15) is 49.3 Å². The zero-order chi connectivity index (χ0) is 17.9. The van der Waals surface area contributed by atoms with Crippen molar-refractivity contribution in [1.29, 1.82) is 0 Å². The predicted molar refractivity (Wildman–Crippen MR) is 94.0 cm³/mol. The van der Waals surface area contributed by atoms with Crippen molar-refractivity contribution in [3.8, 4) is 0 Å². The first-order valence-corrected chi connectivity index (χ1v) is 8.56. The Morgan fingerprint density at radius 3 is 2.67 bits per heavy atom. The molecule has 2 N–H and O–H groups in total. The van der Waals surface area contributed by atoms with Crippen LogP contribution in [0.4, 0.5) is 0 Å². The lowest BCUT2D eigenvalue weighted by atomic mass is 10.0. The Kier molecular flexibility index (Phi) is 5.94. The lowest BCUT2D eigenvalue weighted by Crippen LogP contribution is -2.39. The number of aliphatic hydroxyl groups is 1. The van der Waals surface area contributed by atoms with Gasteiger partial charge < -0.3 is 10.4 Å². The maximum absolute atomic E-state index is 12.3. The minimum Gasteiger partial charge on any atom is -0.396 e. The fraction of sp³-hybridized carbons (Fsp3) is 0.611. The van der Waals surface area contributed by atoms with Gasteiger partial charge in [0.05, 0.1) is 5.69 Å². The van der Waals surface area contributed by atoms with Gasteiger partial charge in [0.1, 0.15) is 0 Å². The monoisotopic (exact) mass is 332 g/mol. The SMILES string of the molecule is Cc1cc2nc(C)c(CCC(=O)NC(CCO)C(C)C)c(C)n2n1. The van der Waals surface area contributed by atoms with Gasteiger partial charge in [-0.25, -0.2) is 9.50 Å². The number of aliphatic hydroxyl groups excluding tert-OH is 1. The van der Waals surface area contributed by atoms with Crippen LogP contribution in [0.5, 0.6) is 0 Å². The van der Waals surface area contributed by atoms with Gasteiger partial charge in [0.25, 0.3) is 0 Å². The van der Waals surface area contributed by atoms with E-state index in [9.17, 15) is 4.79 Å².